The molecule has 1 unspecified atom stereocenters. The van der Waals surface area contributed by atoms with Crippen LogP contribution in [0.2, 0.25) is 0 Å². The first-order valence-corrected chi connectivity index (χ1v) is 8.23. The summed E-state index contributed by atoms with van der Waals surface area (Å²) in [7, 11) is 0. The number of rotatable bonds is 9. The number of carbonyl (C=O) groups is 4. The second kappa shape index (κ2) is 8.53. The van der Waals surface area contributed by atoms with Crippen molar-refractivity contribution in [1.29, 1.82) is 0 Å². The number of benzene rings is 1. The van der Waals surface area contributed by atoms with Crippen molar-refractivity contribution >= 4 is 23.6 Å². The van der Waals surface area contributed by atoms with Crippen LogP contribution in [-0.4, -0.2) is 54.8 Å². The SMILES string of the molecule is CCOC(=O)C(CC)C(=O)COCCN1C(=O)c2ccccc2C1=O. The predicted molar refractivity (Wildman–Crippen MR) is 88.0 cm³/mol. The number of hydrogen-bond donors (Lipinski definition) is 0. The van der Waals surface area contributed by atoms with Crippen molar-refractivity contribution in [1.82, 2.24) is 4.90 Å². The Hall–Kier alpha value is -2.54. The number of ketones is 1. The van der Waals surface area contributed by atoms with Gasteiger partial charge in [-0.2, -0.15) is 0 Å². The molecule has 1 aliphatic rings. The zero-order valence-corrected chi connectivity index (χ0v) is 14.3. The average molecular weight is 347 g/mol. The summed E-state index contributed by atoms with van der Waals surface area (Å²) in [4.78, 5) is 49.1. The van der Waals surface area contributed by atoms with Crippen LogP contribution in [0.5, 0.6) is 0 Å². The van der Waals surface area contributed by atoms with Crippen LogP contribution in [0, 0.1) is 5.92 Å². The Labute approximate surface area is 145 Å². The number of hydrogen-bond acceptors (Lipinski definition) is 6. The van der Waals surface area contributed by atoms with E-state index >= 15 is 0 Å². The highest BCUT2D eigenvalue weighted by molar-refractivity contribution is 6.21. The highest BCUT2D eigenvalue weighted by Gasteiger charge is 2.34. The predicted octanol–water partition coefficient (Wildman–Crippen LogP) is 1.46. The molecular formula is C18H21NO6. The van der Waals surface area contributed by atoms with Gasteiger partial charge in [-0.15, -0.1) is 0 Å². The van der Waals surface area contributed by atoms with Crippen molar-refractivity contribution in [2.24, 2.45) is 5.92 Å². The molecular weight excluding hydrogens is 326 g/mol. The number of amides is 2. The summed E-state index contributed by atoms with van der Waals surface area (Å²) in [5.41, 5.74) is 0.744. The second-order valence-corrected chi connectivity index (χ2v) is 5.54. The van der Waals surface area contributed by atoms with Crippen LogP contribution in [0.3, 0.4) is 0 Å². The largest absolute Gasteiger partial charge is 0.465 e. The number of esters is 1. The smallest absolute Gasteiger partial charge is 0.316 e. The van der Waals surface area contributed by atoms with Gasteiger partial charge in [-0.1, -0.05) is 19.1 Å². The molecule has 0 spiro atoms. The molecule has 0 aliphatic carbocycles. The lowest BCUT2D eigenvalue weighted by Gasteiger charge is -2.15. The highest BCUT2D eigenvalue weighted by Crippen LogP contribution is 2.21. The van der Waals surface area contributed by atoms with Gasteiger partial charge in [0.25, 0.3) is 11.8 Å². The Bertz CT molecular complexity index is 649. The first-order valence-electron chi connectivity index (χ1n) is 8.23. The Balaban J connectivity index is 1.82. The molecule has 0 fully saturated rings. The lowest BCUT2D eigenvalue weighted by atomic mass is 10.0. The number of imide groups is 1. The fourth-order valence-electron chi connectivity index (χ4n) is 2.64. The minimum atomic E-state index is -0.848. The van der Waals surface area contributed by atoms with Crippen LogP contribution in [0.15, 0.2) is 24.3 Å². The van der Waals surface area contributed by atoms with Gasteiger partial charge in [0.1, 0.15) is 12.5 Å². The van der Waals surface area contributed by atoms with Crippen molar-refractivity contribution in [3.05, 3.63) is 35.4 Å². The highest BCUT2D eigenvalue weighted by atomic mass is 16.5. The van der Waals surface area contributed by atoms with E-state index in [1.165, 1.54) is 0 Å². The van der Waals surface area contributed by atoms with Crippen LogP contribution in [-0.2, 0) is 19.1 Å². The second-order valence-electron chi connectivity index (χ2n) is 5.54. The zero-order chi connectivity index (χ0) is 18.4. The number of carbonyl (C=O) groups excluding carboxylic acids is 4. The van der Waals surface area contributed by atoms with Gasteiger partial charge in [-0.05, 0) is 25.5 Å². The summed E-state index contributed by atoms with van der Waals surface area (Å²) in [6.07, 6.45) is 0.333. The van der Waals surface area contributed by atoms with Gasteiger partial charge >= 0.3 is 5.97 Å². The normalized spacial score (nSPS) is 14.4. The summed E-state index contributed by atoms with van der Waals surface area (Å²) in [5, 5.41) is 0. The van der Waals surface area contributed by atoms with Gasteiger partial charge in [0.15, 0.2) is 5.78 Å². The van der Waals surface area contributed by atoms with Gasteiger partial charge in [-0.3, -0.25) is 24.1 Å². The lowest BCUT2D eigenvalue weighted by molar-refractivity contribution is -0.152. The van der Waals surface area contributed by atoms with Gasteiger partial charge in [0.2, 0.25) is 0 Å². The minimum absolute atomic E-state index is 0.0243. The molecule has 7 nitrogen and oxygen atoms in total. The number of ether oxygens (including phenoxy) is 2. The molecule has 1 heterocycles. The van der Waals surface area contributed by atoms with Crippen molar-refractivity contribution < 1.29 is 28.7 Å². The molecule has 0 saturated carbocycles. The molecule has 1 aliphatic heterocycles. The van der Waals surface area contributed by atoms with E-state index in [4.69, 9.17) is 9.47 Å². The molecule has 2 amide bonds. The van der Waals surface area contributed by atoms with E-state index in [2.05, 4.69) is 0 Å². The third-order valence-electron chi connectivity index (χ3n) is 3.95. The van der Waals surface area contributed by atoms with Crippen molar-refractivity contribution in [2.75, 3.05) is 26.4 Å². The maximum Gasteiger partial charge on any atom is 0.316 e. The van der Waals surface area contributed by atoms with E-state index in [1.807, 2.05) is 0 Å². The molecule has 25 heavy (non-hydrogen) atoms. The fraction of sp³-hybridized carbons (Fsp3) is 0.444. The maximum atomic E-state index is 12.2. The first-order chi connectivity index (χ1) is 12.0. The van der Waals surface area contributed by atoms with E-state index in [0.29, 0.717) is 17.5 Å². The molecule has 0 aromatic heterocycles. The third-order valence-corrected chi connectivity index (χ3v) is 3.95. The van der Waals surface area contributed by atoms with Crippen molar-refractivity contribution in [2.45, 2.75) is 20.3 Å². The Morgan fingerprint density at radius 2 is 1.68 bits per heavy atom. The van der Waals surface area contributed by atoms with E-state index in [1.54, 1.807) is 38.1 Å². The Morgan fingerprint density at radius 3 is 2.20 bits per heavy atom. The van der Waals surface area contributed by atoms with E-state index in [9.17, 15) is 19.2 Å². The van der Waals surface area contributed by atoms with Crippen molar-refractivity contribution in [3.63, 3.8) is 0 Å². The van der Waals surface area contributed by atoms with Crippen LogP contribution in [0.25, 0.3) is 0 Å². The molecule has 7 heteroatoms. The molecule has 1 atom stereocenters. The summed E-state index contributed by atoms with van der Waals surface area (Å²) in [6.45, 7) is 3.42. The van der Waals surface area contributed by atoms with Crippen molar-refractivity contribution in [3.8, 4) is 0 Å². The molecule has 1 aromatic rings. The summed E-state index contributed by atoms with van der Waals surface area (Å²) in [5.74, 6) is -2.51. The molecule has 134 valence electrons. The standard InChI is InChI=1S/C18H21NO6/c1-3-12(18(23)25-4-2)15(20)11-24-10-9-19-16(21)13-7-5-6-8-14(13)17(19)22/h5-8,12H,3-4,9-11H2,1-2H3. The van der Waals surface area contributed by atoms with E-state index < -0.39 is 11.9 Å². The summed E-state index contributed by atoms with van der Waals surface area (Å²) < 4.78 is 10.1. The van der Waals surface area contributed by atoms with Gasteiger partial charge < -0.3 is 9.47 Å². The Kier molecular flexibility index (Phi) is 6.41. The van der Waals surface area contributed by atoms with Crippen LogP contribution >= 0.6 is 0 Å². The third kappa shape index (κ3) is 4.11. The minimum Gasteiger partial charge on any atom is -0.465 e. The zero-order valence-electron chi connectivity index (χ0n) is 14.3. The van der Waals surface area contributed by atoms with E-state index in [0.717, 1.165) is 4.90 Å². The van der Waals surface area contributed by atoms with Crippen LogP contribution < -0.4 is 0 Å². The van der Waals surface area contributed by atoms with E-state index in [-0.39, 0.29) is 44.0 Å². The maximum absolute atomic E-state index is 12.2. The summed E-state index contributed by atoms with van der Waals surface area (Å²) in [6, 6.07) is 6.60. The summed E-state index contributed by atoms with van der Waals surface area (Å²) >= 11 is 0. The van der Waals surface area contributed by atoms with Gasteiger partial charge in [0, 0.05) is 0 Å². The Morgan fingerprint density at radius 1 is 1.08 bits per heavy atom. The molecule has 0 radical (unpaired) electrons. The molecule has 2 rings (SSSR count). The van der Waals surface area contributed by atoms with Crippen LogP contribution in [0.4, 0.5) is 0 Å². The quantitative estimate of drug-likeness (QED) is 0.291. The van der Waals surface area contributed by atoms with Gasteiger partial charge in [-0.25, -0.2) is 0 Å². The molecule has 0 bridgehead atoms. The molecule has 0 saturated heterocycles. The average Bonchev–Trinajstić information content (AvgIpc) is 2.84. The van der Waals surface area contributed by atoms with Crippen LogP contribution in [0.1, 0.15) is 41.0 Å². The lowest BCUT2D eigenvalue weighted by Crippen LogP contribution is -2.34. The molecule has 0 N–H and O–H groups in total. The number of fused-ring (bicyclic) bond motifs is 1. The number of nitrogens with zero attached hydrogens (tertiary/aromatic N) is 1. The first kappa shape index (κ1) is 18.8. The monoisotopic (exact) mass is 347 g/mol. The molecule has 1 aromatic carbocycles. The van der Waals surface area contributed by atoms with Gasteiger partial charge in [0.05, 0.1) is 30.9 Å². The number of Topliss-reactive ketones (excluding diaryl/α,β-unsaturated/α-hetero) is 1. The topological polar surface area (TPSA) is 90.0 Å². The fourth-order valence-corrected chi connectivity index (χ4v) is 2.64.